The van der Waals surface area contributed by atoms with Crippen molar-refractivity contribution < 1.29 is 4.42 Å². The fraction of sp³-hybridized carbons (Fsp3) is 0. The van der Waals surface area contributed by atoms with Crippen LogP contribution in [0.15, 0.2) is 356 Å². The van der Waals surface area contributed by atoms with Gasteiger partial charge in [-0.05, 0) is 191 Å². The number of nitrogens with zero attached hydrogens (tertiary/aromatic N) is 2. The molecule has 16 aromatic carbocycles. The molecular formula is C88H58N2OS. The summed E-state index contributed by atoms with van der Waals surface area (Å²) in [6.07, 6.45) is 0. The molecule has 0 aliphatic heterocycles. The van der Waals surface area contributed by atoms with Gasteiger partial charge in [0.25, 0.3) is 0 Å². The van der Waals surface area contributed by atoms with Crippen molar-refractivity contribution in [2.75, 3.05) is 9.80 Å². The first kappa shape index (κ1) is 54.3. The number of anilines is 6. The lowest BCUT2D eigenvalue weighted by Gasteiger charge is -2.26. The highest BCUT2D eigenvalue weighted by Gasteiger charge is 2.18. The van der Waals surface area contributed by atoms with Crippen LogP contribution in [0.3, 0.4) is 0 Å². The predicted octanol–water partition coefficient (Wildman–Crippen LogP) is 25.9. The Morgan fingerprint density at radius 1 is 0.185 bits per heavy atom. The van der Waals surface area contributed by atoms with Gasteiger partial charge in [0.15, 0.2) is 0 Å². The van der Waals surface area contributed by atoms with Crippen LogP contribution in [0.4, 0.5) is 34.1 Å². The first-order chi connectivity index (χ1) is 45.6. The van der Waals surface area contributed by atoms with E-state index in [-0.39, 0.29) is 0 Å². The van der Waals surface area contributed by atoms with E-state index in [1.165, 1.54) is 96.6 Å². The van der Waals surface area contributed by atoms with Crippen LogP contribution >= 0.6 is 11.3 Å². The predicted molar refractivity (Wildman–Crippen MR) is 394 cm³/mol. The Bertz CT molecular complexity index is 5380. The number of para-hydroxylation sites is 1. The minimum atomic E-state index is 0.909. The summed E-state index contributed by atoms with van der Waals surface area (Å²) in [4.78, 5) is 4.71. The Morgan fingerprint density at radius 2 is 0.511 bits per heavy atom. The topological polar surface area (TPSA) is 19.6 Å². The third-order valence-electron chi connectivity index (χ3n) is 18.1. The Morgan fingerprint density at radius 3 is 1.02 bits per heavy atom. The summed E-state index contributed by atoms with van der Waals surface area (Å²) >= 11 is 1.87. The van der Waals surface area contributed by atoms with Crippen molar-refractivity contribution in [1.29, 1.82) is 0 Å². The molecule has 18 aromatic rings. The van der Waals surface area contributed by atoms with Crippen LogP contribution in [0, 0.1) is 0 Å². The number of fused-ring (bicyclic) bond motifs is 12. The molecule has 0 amide bonds. The standard InChI is InChI=1S/C44H29NO.C44H29NS/c2*1-2-8-30(9-3-1)31-16-21-36(22-17-31)45(38-25-27-40-35(28-38)15-14-33-10-4-5-11-39(33)40)37-23-18-32(19-24-37)34-20-26-42-41-12-6-7-13-43(41)46-44(42)29-34/h2*1-29H. The van der Waals surface area contributed by atoms with E-state index in [9.17, 15) is 0 Å². The number of hydrogen-bond donors (Lipinski definition) is 0. The summed E-state index contributed by atoms with van der Waals surface area (Å²) in [6.45, 7) is 0. The normalized spacial score (nSPS) is 11.5. The number of furan rings is 1. The maximum absolute atomic E-state index is 6.19. The Balaban J connectivity index is 0.000000141. The molecule has 4 heteroatoms. The lowest BCUT2D eigenvalue weighted by atomic mass is 10.0. The van der Waals surface area contributed by atoms with Gasteiger partial charge in [-0.3, -0.25) is 0 Å². The fourth-order valence-electron chi connectivity index (χ4n) is 13.5. The second kappa shape index (κ2) is 23.3. The molecule has 0 fully saturated rings. The smallest absolute Gasteiger partial charge is 0.136 e. The van der Waals surface area contributed by atoms with E-state index in [4.69, 9.17) is 4.42 Å². The molecule has 0 atom stereocenters. The lowest BCUT2D eigenvalue weighted by Crippen LogP contribution is -2.09. The molecule has 0 saturated heterocycles. The van der Waals surface area contributed by atoms with E-state index in [1.807, 2.05) is 23.5 Å². The van der Waals surface area contributed by atoms with Gasteiger partial charge in [0.1, 0.15) is 11.2 Å². The summed E-state index contributed by atoms with van der Waals surface area (Å²) in [5, 5.41) is 15.0. The molecule has 2 aromatic heterocycles. The minimum Gasteiger partial charge on any atom is -0.456 e. The van der Waals surface area contributed by atoms with Crippen LogP contribution in [0.1, 0.15) is 0 Å². The third-order valence-corrected chi connectivity index (χ3v) is 19.2. The molecule has 0 unspecified atom stereocenters. The summed E-state index contributed by atoms with van der Waals surface area (Å²) in [5.74, 6) is 0. The molecule has 432 valence electrons. The highest BCUT2D eigenvalue weighted by Crippen LogP contribution is 2.43. The maximum atomic E-state index is 6.19. The minimum absolute atomic E-state index is 0.909. The van der Waals surface area contributed by atoms with E-state index in [0.717, 1.165) is 67.2 Å². The van der Waals surface area contributed by atoms with Gasteiger partial charge in [-0.25, -0.2) is 0 Å². The van der Waals surface area contributed by atoms with Gasteiger partial charge in [-0.1, -0.05) is 249 Å². The van der Waals surface area contributed by atoms with Crippen LogP contribution in [0.25, 0.3) is 130 Å². The highest BCUT2D eigenvalue weighted by molar-refractivity contribution is 7.25. The van der Waals surface area contributed by atoms with Crippen molar-refractivity contribution in [2.45, 2.75) is 0 Å². The summed E-state index contributed by atoms with van der Waals surface area (Å²) in [7, 11) is 0. The van der Waals surface area contributed by atoms with Gasteiger partial charge in [0, 0.05) is 65.1 Å². The number of rotatable bonds is 10. The molecule has 92 heavy (non-hydrogen) atoms. The van der Waals surface area contributed by atoms with Crippen molar-refractivity contribution in [3.8, 4) is 44.5 Å². The van der Waals surface area contributed by atoms with Crippen molar-refractivity contribution >= 4 is 131 Å². The zero-order valence-electron chi connectivity index (χ0n) is 50.2. The van der Waals surface area contributed by atoms with Gasteiger partial charge in [0.2, 0.25) is 0 Å². The summed E-state index contributed by atoms with van der Waals surface area (Å²) < 4.78 is 8.85. The molecule has 0 aliphatic carbocycles. The van der Waals surface area contributed by atoms with E-state index < -0.39 is 0 Å². The zero-order valence-corrected chi connectivity index (χ0v) is 51.0. The molecule has 0 aliphatic rings. The summed E-state index contributed by atoms with van der Waals surface area (Å²) in [6, 6.07) is 127. The molecule has 0 radical (unpaired) electrons. The van der Waals surface area contributed by atoms with Crippen LogP contribution in [-0.4, -0.2) is 0 Å². The molecular weight excluding hydrogens is 1130 g/mol. The van der Waals surface area contributed by atoms with Gasteiger partial charge in [0.05, 0.1) is 0 Å². The molecule has 3 nitrogen and oxygen atoms in total. The van der Waals surface area contributed by atoms with Crippen LogP contribution < -0.4 is 9.80 Å². The van der Waals surface area contributed by atoms with Crippen molar-refractivity contribution in [3.05, 3.63) is 352 Å². The third kappa shape index (κ3) is 10.2. The Hall–Kier alpha value is -11.8. The molecule has 0 N–H and O–H groups in total. The van der Waals surface area contributed by atoms with Gasteiger partial charge < -0.3 is 14.2 Å². The van der Waals surface area contributed by atoms with Crippen LogP contribution in [-0.2, 0) is 0 Å². The van der Waals surface area contributed by atoms with E-state index in [0.29, 0.717) is 0 Å². The van der Waals surface area contributed by atoms with Crippen molar-refractivity contribution in [1.82, 2.24) is 0 Å². The largest absolute Gasteiger partial charge is 0.456 e. The number of hydrogen-bond acceptors (Lipinski definition) is 4. The monoisotopic (exact) mass is 1190 g/mol. The fourth-order valence-corrected chi connectivity index (χ4v) is 14.6. The van der Waals surface area contributed by atoms with Crippen LogP contribution in [0.2, 0.25) is 0 Å². The highest BCUT2D eigenvalue weighted by atomic mass is 32.1. The van der Waals surface area contributed by atoms with Gasteiger partial charge in [-0.15, -0.1) is 11.3 Å². The molecule has 0 bridgehead atoms. The van der Waals surface area contributed by atoms with E-state index in [1.54, 1.807) is 0 Å². The summed E-state index contributed by atoms with van der Waals surface area (Å²) in [5.41, 5.74) is 18.1. The SMILES string of the molecule is c1ccc(-c2ccc(N(c3ccc(-c4ccc5c(c4)oc4ccccc45)cc3)c3ccc4c(ccc5ccccc54)c3)cc2)cc1.c1ccc(-c2ccc(N(c3ccc(-c4ccc5c(c4)sc4ccccc45)cc3)c3ccc4c(ccc5ccccc54)c3)cc2)cc1. The average molecular weight is 1190 g/mol. The first-order valence-electron chi connectivity index (χ1n) is 31.3. The maximum Gasteiger partial charge on any atom is 0.136 e. The Kier molecular flexibility index (Phi) is 13.8. The van der Waals surface area contributed by atoms with Gasteiger partial charge in [-0.2, -0.15) is 0 Å². The van der Waals surface area contributed by atoms with E-state index in [2.05, 4.69) is 350 Å². The number of benzene rings is 16. The second-order valence-corrected chi connectivity index (χ2v) is 24.7. The first-order valence-corrected chi connectivity index (χ1v) is 32.2. The second-order valence-electron chi connectivity index (χ2n) is 23.6. The van der Waals surface area contributed by atoms with E-state index >= 15 is 0 Å². The van der Waals surface area contributed by atoms with Gasteiger partial charge >= 0.3 is 0 Å². The quantitative estimate of drug-likeness (QED) is 0.127. The zero-order chi connectivity index (χ0) is 60.9. The molecule has 0 saturated carbocycles. The lowest BCUT2D eigenvalue weighted by molar-refractivity contribution is 0.669. The Labute approximate surface area is 537 Å². The molecule has 18 rings (SSSR count). The van der Waals surface area contributed by atoms with Crippen LogP contribution in [0.5, 0.6) is 0 Å². The average Bonchev–Trinajstić information content (AvgIpc) is 1.11. The van der Waals surface area contributed by atoms with Crippen molar-refractivity contribution in [3.63, 3.8) is 0 Å². The molecule has 2 heterocycles. The number of thiophene rings is 1. The van der Waals surface area contributed by atoms with Crippen molar-refractivity contribution in [2.24, 2.45) is 0 Å². The molecule has 0 spiro atoms.